The van der Waals surface area contributed by atoms with E-state index in [0.29, 0.717) is 18.1 Å². The van der Waals surface area contributed by atoms with Gasteiger partial charge in [-0.25, -0.2) is 0 Å². The fraction of sp³-hybridized carbons (Fsp3) is 0.400. The lowest BCUT2D eigenvalue weighted by Gasteiger charge is -2.37. The number of phenols is 1. The smallest absolute Gasteiger partial charge is 0.269 e. The third-order valence-corrected chi connectivity index (χ3v) is 5.18. The average Bonchev–Trinajstić information content (AvgIpc) is 2.63. The second-order valence-corrected chi connectivity index (χ2v) is 7.12. The molecule has 1 aliphatic heterocycles. The molecule has 0 amide bonds. The molecular weight excluding hydrogens is 334 g/mol. The Morgan fingerprint density at radius 3 is 2.46 bits per heavy atom. The minimum atomic E-state index is -0.505. The zero-order valence-electron chi connectivity index (χ0n) is 15.5. The summed E-state index contributed by atoms with van der Waals surface area (Å²) in [6.07, 6.45) is 1.56. The summed E-state index contributed by atoms with van der Waals surface area (Å²) in [5.74, 6) is 1.75. The first-order valence-corrected chi connectivity index (χ1v) is 8.60. The maximum absolute atomic E-state index is 10.7. The molecule has 0 saturated heterocycles. The van der Waals surface area contributed by atoms with Gasteiger partial charge in [-0.05, 0) is 69.4 Å². The van der Waals surface area contributed by atoms with Gasteiger partial charge < -0.3 is 14.6 Å². The van der Waals surface area contributed by atoms with Crippen molar-refractivity contribution in [2.75, 3.05) is 6.61 Å². The molecule has 6 heteroatoms. The molecule has 1 unspecified atom stereocenters. The highest BCUT2D eigenvalue weighted by Gasteiger charge is 2.35. The van der Waals surface area contributed by atoms with Crippen LogP contribution in [0.15, 0.2) is 24.3 Å². The van der Waals surface area contributed by atoms with Gasteiger partial charge in [-0.1, -0.05) is 0 Å². The van der Waals surface area contributed by atoms with Crippen molar-refractivity contribution in [1.82, 2.24) is 0 Å². The number of benzene rings is 2. The molecule has 1 atom stereocenters. The minimum Gasteiger partial charge on any atom is -0.507 e. The van der Waals surface area contributed by atoms with E-state index in [-0.39, 0.29) is 5.69 Å². The first-order chi connectivity index (χ1) is 12.2. The average molecular weight is 357 g/mol. The van der Waals surface area contributed by atoms with Gasteiger partial charge in [-0.15, -0.1) is 0 Å². The first-order valence-electron chi connectivity index (χ1n) is 8.60. The number of nitro groups is 1. The van der Waals surface area contributed by atoms with Crippen LogP contribution in [-0.4, -0.2) is 22.2 Å². The fourth-order valence-electron chi connectivity index (χ4n) is 3.30. The van der Waals surface area contributed by atoms with Crippen molar-refractivity contribution in [3.05, 3.63) is 56.6 Å². The van der Waals surface area contributed by atoms with E-state index in [1.54, 1.807) is 12.1 Å². The molecule has 26 heavy (non-hydrogen) atoms. The number of hydrogen-bond donors (Lipinski definition) is 1. The summed E-state index contributed by atoms with van der Waals surface area (Å²) in [5.41, 5.74) is 3.24. The van der Waals surface area contributed by atoms with Gasteiger partial charge >= 0.3 is 0 Å². The highest BCUT2D eigenvalue weighted by atomic mass is 16.6. The van der Waals surface area contributed by atoms with E-state index in [1.165, 1.54) is 12.1 Å². The number of ether oxygens (including phenoxy) is 2. The predicted molar refractivity (Wildman–Crippen MR) is 98.3 cm³/mol. The maximum Gasteiger partial charge on any atom is 0.269 e. The van der Waals surface area contributed by atoms with Crippen LogP contribution in [0.2, 0.25) is 0 Å². The third-order valence-electron chi connectivity index (χ3n) is 5.18. The van der Waals surface area contributed by atoms with Crippen LogP contribution < -0.4 is 9.47 Å². The van der Waals surface area contributed by atoms with Crippen molar-refractivity contribution < 1.29 is 19.5 Å². The summed E-state index contributed by atoms with van der Waals surface area (Å²) < 4.78 is 12.1. The molecule has 2 aromatic rings. The predicted octanol–water partition coefficient (Wildman–Crippen LogP) is 4.39. The summed E-state index contributed by atoms with van der Waals surface area (Å²) in [5, 5.41) is 21.0. The van der Waals surface area contributed by atoms with Gasteiger partial charge in [0.25, 0.3) is 5.69 Å². The lowest BCUT2D eigenvalue weighted by atomic mass is 9.87. The number of nitro benzene ring substituents is 1. The van der Waals surface area contributed by atoms with E-state index in [4.69, 9.17) is 9.47 Å². The van der Waals surface area contributed by atoms with Gasteiger partial charge in [0.1, 0.15) is 29.5 Å². The Kier molecular flexibility index (Phi) is 4.52. The Bertz CT molecular complexity index is 860. The van der Waals surface area contributed by atoms with Crippen molar-refractivity contribution in [3.8, 4) is 17.2 Å². The quantitative estimate of drug-likeness (QED) is 0.648. The van der Waals surface area contributed by atoms with Crippen LogP contribution in [0.5, 0.6) is 17.2 Å². The van der Waals surface area contributed by atoms with E-state index in [0.717, 1.165) is 40.8 Å². The Hall–Kier alpha value is -2.76. The molecule has 6 nitrogen and oxygen atoms in total. The van der Waals surface area contributed by atoms with Gasteiger partial charge in [0, 0.05) is 17.7 Å². The Balaban J connectivity index is 1.77. The molecule has 0 spiro atoms. The molecule has 0 bridgehead atoms. The van der Waals surface area contributed by atoms with Crippen LogP contribution in [-0.2, 0) is 6.42 Å². The van der Waals surface area contributed by atoms with E-state index in [1.807, 2.05) is 27.7 Å². The van der Waals surface area contributed by atoms with Gasteiger partial charge in [-0.3, -0.25) is 10.1 Å². The number of non-ortho nitro benzene ring substituents is 1. The van der Waals surface area contributed by atoms with Crippen molar-refractivity contribution >= 4 is 5.69 Å². The Labute approximate surface area is 152 Å². The van der Waals surface area contributed by atoms with E-state index in [9.17, 15) is 15.2 Å². The van der Waals surface area contributed by atoms with Crippen LogP contribution in [0.4, 0.5) is 5.69 Å². The summed E-state index contributed by atoms with van der Waals surface area (Å²) in [4.78, 5) is 10.3. The highest BCUT2D eigenvalue weighted by Crippen LogP contribution is 2.43. The van der Waals surface area contributed by atoms with Gasteiger partial charge in [-0.2, -0.15) is 0 Å². The zero-order valence-corrected chi connectivity index (χ0v) is 15.5. The molecule has 0 radical (unpaired) electrons. The summed E-state index contributed by atoms with van der Waals surface area (Å²) in [6, 6.07) is 6.04. The Morgan fingerprint density at radius 2 is 1.85 bits per heavy atom. The standard InChI is InChI=1S/C20H23NO5/c1-12-13(2)19-17(14(3)18(12)22)9-10-20(4,26-19)11-25-16-7-5-15(6-8-16)21(23)24/h5-8,22H,9-11H2,1-4H3. The molecule has 3 rings (SSSR count). The molecule has 138 valence electrons. The van der Waals surface area contributed by atoms with E-state index >= 15 is 0 Å². The molecule has 0 aliphatic carbocycles. The molecular formula is C20H23NO5. The first kappa shape index (κ1) is 18.0. The van der Waals surface area contributed by atoms with E-state index in [2.05, 4.69) is 0 Å². The van der Waals surface area contributed by atoms with Crippen LogP contribution in [0.1, 0.15) is 35.6 Å². The van der Waals surface area contributed by atoms with Crippen molar-refractivity contribution in [2.45, 2.75) is 46.1 Å². The van der Waals surface area contributed by atoms with Crippen LogP contribution in [0.25, 0.3) is 0 Å². The highest BCUT2D eigenvalue weighted by molar-refractivity contribution is 5.58. The number of phenolic OH excluding ortho intramolecular Hbond substituents is 1. The monoisotopic (exact) mass is 357 g/mol. The number of fused-ring (bicyclic) bond motifs is 1. The number of aromatic hydroxyl groups is 1. The van der Waals surface area contributed by atoms with Gasteiger partial charge in [0.05, 0.1) is 4.92 Å². The largest absolute Gasteiger partial charge is 0.507 e. The number of rotatable bonds is 4. The molecule has 1 heterocycles. The molecule has 2 aromatic carbocycles. The summed E-state index contributed by atoms with van der Waals surface area (Å²) >= 11 is 0. The van der Waals surface area contributed by atoms with Gasteiger partial charge in [0.15, 0.2) is 0 Å². The van der Waals surface area contributed by atoms with Gasteiger partial charge in [0.2, 0.25) is 0 Å². The van der Waals surface area contributed by atoms with Crippen LogP contribution >= 0.6 is 0 Å². The fourth-order valence-corrected chi connectivity index (χ4v) is 3.30. The van der Waals surface area contributed by atoms with E-state index < -0.39 is 10.5 Å². The van der Waals surface area contributed by atoms with Crippen LogP contribution in [0.3, 0.4) is 0 Å². The number of hydrogen-bond acceptors (Lipinski definition) is 5. The van der Waals surface area contributed by atoms with Crippen molar-refractivity contribution in [2.24, 2.45) is 0 Å². The Morgan fingerprint density at radius 1 is 1.19 bits per heavy atom. The molecule has 0 aromatic heterocycles. The van der Waals surface area contributed by atoms with Crippen LogP contribution in [0, 0.1) is 30.9 Å². The van der Waals surface area contributed by atoms with Crippen molar-refractivity contribution in [3.63, 3.8) is 0 Å². The summed E-state index contributed by atoms with van der Waals surface area (Å²) in [7, 11) is 0. The topological polar surface area (TPSA) is 81.8 Å². The third kappa shape index (κ3) is 3.19. The number of nitrogens with zero attached hydrogens (tertiary/aromatic N) is 1. The minimum absolute atomic E-state index is 0.0350. The molecule has 1 aliphatic rings. The SMILES string of the molecule is Cc1c(C)c2c(c(C)c1O)CCC(C)(COc1ccc([N+](=O)[O-])cc1)O2. The summed E-state index contributed by atoms with van der Waals surface area (Å²) in [6.45, 7) is 8.10. The molecule has 0 fully saturated rings. The van der Waals surface area contributed by atoms with Crippen molar-refractivity contribution in [1.29, 1.82) is 0 Å². The normalized spacial score (nSPS) is 18.8. The maximum atomic E-state index is 10.7. The second-order valence-electron chi connectivity index (χ2n) is 7.12. The molecule has 0 saturated carbocycles. The second kappa shape index (κ2) is 6.52. The lowest BCUT2D eigenvalue weighted by Crippen LogP contribution is -2.42. The molecule has 1 N–H and O–H groups in total. The zero-order chi connectivity index (χ0) is 19.1. The lowest BCUT2D eigenvalue weighted by molar-refractivity contribution is -0.384.